The minimum atomic E-state index is -0.149. The van der Waals surface area contributed by atoms with Gasteiger partial charge in [0.2, 0.25) is 5.91 Å². The van der Waals surface area contributed by atoms with Gasteiger partial charge in [-0.2, -0.15) is 0 Å². The highest BCUT2D eigenvalue weighted by Crippen LogP contribution is 2.42. The summed E-state index contributed by atoms with van der Waals surface area (Å²) in [6.07, 6.45) is 5.30. The van der Waals surface area contributed by atoms with Gasteiger partial charge >= 0.3 is 0 Å². The summed E-state index contributed by atoms with van der Waals surface area (Å²) in [5.41, 5.74) is 8.56. The second-order valence-electron chi connectivity index (χ2n) is 7.29. The van der Waals surface area contributed by atoms with Crippen molar-refractivity contribution in [2.24, 2.45) is 23.5 Å². The molecule has 2 amide bonds. The number of carbonyl (C=O) groups is 2. The van der Waals surface area contributed by atoms with E-state index in [2.05, 4.69) is 10.6 Å². The topological polar surface area (TPSA) is 84.2 Å². The summed E-state index contributed by atoms with van der Waals surface area (Å²) in [6, 6.07) is 5.65. The molecule has 2 saturated carbocycles. The standard InChI is InChI=1S/C19H27N3O2.ClH/c1-11-6-7-14(18(23)21-2)10-16(11)22-19(24)15-8-12-4-3-5-13(9-15)17(12)20;/h6-7,10,12-13,15,17H,3-5,8-9,20H2,1-2H3,(H,21,23)(H,22,24);1H. The number of benzene rings is 1. The number of amides is 2. The van der Waals surface area contributed by atoms with Crippen molar-refractivity contribution in [1.82, 2.24) is 5.32 Å². The molecule has 0 heterocycles. The van der Waals surface area contributed by atoms with Gasteiger partial charge in [-0.1, -0.05) is 12.5 Å². The molecule has 3 rings (SSSR count). The minimum absolute atomic E-state index is 0. The van der Waals surface area contributed by atoms with Crippen LogP contribution in [0.3, 0.4) is 0 Å². The summed E-state index contributed by atoms with van der Waals surface area (Å²) in [5, 5.41) is 5.65. The Kier molecular flexibility index (Phi) is 6.47. The lowest BCUT2D eigenvalue weighted by molar-refractivity contribution is -0.122. The van der Waals surface area contributed by atoms with E-state index in [1.165, 1.54) is 6.42 Å². The average Bonchev–Trinajstić information content (AvgIpc) is 2.55. The molecule has 1 aromatic rings. The molecule has 6 heteroatoms. The molecule has 0 saturated heterocycles. The first-order chi connectivity index (χ1) is 11.5. The normalized spacial score (nSPS) is 27.8. The van der Waals surface area contributed by atoms with Crippen LogP contribution in [0.1, 0.15) is 48.0 Å². The lowest BCUT2D eigenvalue weighted by Gasteiger charge is -2.43. The maximum Gasteiger partial charge on any atom is 0.251 e. The maximum absolute atomic E-state index is 12.8. The van der Waals surface area contributed by atoms with Gasteiger partial charge in [0, 0.05) is 30.3 Å². The number of nitrogens with two attached hydrogens (primary N) is 1. The number of halogens is 1. The van der Waals surface area contributed by atoms with Crippen molar-refractivity contribution < 1.29 is 9.59 Å². The molecule has 5 nitrogen and oxygen atoms in total. The molecule has 2 aliphatic rings. The van der Waals surface area contributed by atoms with Crippen molar-refractivity contribution in [3.05, 3.63) is 29.3 Å². The van der Waals surface area contributed by atoms with E-state index in [-0.39, 0.29) is 36.2 Å². The van der Waals surface area contributed by atoms with E-state index >= 15 is 0 Å². The summed E-state index contributed by atoms with van der Waals surface area (Å²) < 4.78 is 0. The first kappa shape index (κ1) is 19.7. The molecular formula is C19H28ClN3O2. The van der Waals surface area contributed by atoms with Crippen molar-refractivity contribution in [1.29, 1.82) is 0 Å². The van der Waals surface area contributed by atoms with Crippen LogP contribution >= 0.6 is 12.4 Å². The van der Waals surface area contributed by atoms with Crippen LogP contribution in [-0.4, -0.2) is 24.9 Å². The Balaban J connectivity index is 0.00000225. The number of anilines is 1. The quantitative estimate of drug-likeness (QED) is 0.770. The molecule has 2 bridgehead atoms. The summed E-state index contributed by atoms with van der Waals surface area (Å²) in [7, 11) is 1.60. The van der Waals surface area contributed by atoms with Crippen LogP contribution in [0.15, 0.2) is 18.2 Å². The molecule has 0 radical (unpaired) electrons. The summed E-state index contributed by atoms with van der Waals surface area (Å²) in [5.74, 6) is 0.904. The third kappa shape index (κ3) is 4.15. The molecule has 4 N–H and O–H groups in total. The number of carbonyl (C=O) groups excluding carboxylic acids is 2. The molecule has 0 spiro atoms. The smallest absolute Gasteiger partial charge is 0.251 e. The van der Waals surface area contributed by atoms with Crippen molar-refractivity contribution >= 4 is 29.9 Å². The SMILES string of the molecule is CNC(=O)c1ccc(C)c(NC(=O)C2CC3CCCC(C2)C3N)c1.Cl. The minimum Gasteiger partial charge on any atom is -0.355 e. The van der Waals surface area contributed by atoms with Gasteiger partial charge < -0.3 is 16.4 Å². The van der Waals surface area contributed by atoms with Gasteiger partial charge in [-0.05, 0) is 62.1 Å². The molecule has 2 atom stereocenters. The fraction of sp³-hybridized carbons (Fsp3) is 0.579. The van der Waals surface area contributed by atoms with E-state index in [0.29, 0.717) is 17.4 Å². The predicted octanol–water partition coefficient (Wildman–Crippen LogP) is 2.87. The van der Waals surface area contributed by atoms with Gasteiger partial charge in [-0.15, -0.1) is 12.4 Å². The number of fused-ring (bicyclic) bond motifs is 2. The third-order valence-electron chi connectivity index (χ3n) is 5.77. The van der Waals surface area contributed by atoms with Crippen molar-refractivity contribution in [2.45, 2.75) is 45.1 Å². The zero-order valence-electron chi connectivity index (χ0n) is 14.9. The van der Waals surface area contributed by atoms with Crippen LogP contribution in [0.5, 0.6) is 0 Å². The molecule has 25 heavy (non-hydrogen) atoms. The molecular weight excluding hydrogens is 338 g/mol. The van der Waals surface area contributed by atoms with Crippen LogP contribution in [-0.2, 0) is 4.79 Å². The highest BCUT2D eigenvalue weighted by molar-refractivity contribution is 5.98. The summed E-state index contributed by atoms with van der Waals surface area (Å²) in [6.45, 7) is 1.94. The van der Waals surface area contributed by atoms with Crippen molar-refractivity contribution in [2.75, 3.05) is 12.4 Å². The van der Waals surface area contributed by atoms with Gasteiger partial charge in [0.25, 0.3) is 5.91 Å². The van der Waals surface area contributed by atoms with E-state index in [1.54, 1.807) is 19.2 Å². The number of aryl methyl sites for hydroxylation is 1. The Morgan fingerprint density at radius 2 is 1.80 bits per heavy atom. The Labute approximate surface area is 155 Å². The van der Waals surface area contributed by atoms with Crippen LogP contribution in [0.2, 0.25) is 0 Å². The first-order valence-corrected chi connectivity index (χ1v) is 8.88. The second-order valence-corrected chi connectivity index (χ2v) is 7.29. The Morgan fingerprint density at radius 1 is 1.16 bits per heavy atom. The zero-order valence-corrected chi connectivity index (χ0v) is 15.7. The van der Waals surface area contributed by atoms with E-state index in [0.717, 1.165) is 36.9 Å². The van der Waals surface area contributed by atoms with Gasteiger partial charge in [0.15, 0.2) is 0 Å². The first-order valence-electron chi connectivity index (χ1n) is 8.88. The maximum atomic E-state index is 12.8. The molecule has 138 valence electrons. The molecule has 0 aliphatic heterocycles. The Bertz CT molecular complexity index is 636. The largest absolute Gasteiger partial charge is 0.355 e. The van der Waals surface area contributed by atoms with Crippen LogP contribution in [0.4, 0.5) is 5.69 Å². The predicted molar refractivity (Wildman–Crippen MR) is 102 cm³/mol. The molecule has 2 fully saturated rings. The van der Waals surface area contributed by atoms with Crippen LogP contribution < -0.4 is 16.4 Å². The Morgan fingerprint density at radius 3 is 2.40 bits per heavy atom. The number of hydrogen-bond acceptors (Lipinski definition) is 3. The lowest BCUT2D eigenvalue weighted by Crippen LogP contribution is -2.48. The fourth-order valence-electron chi connectivity index (χ4n) is 4.28. The monoisotopic (exact) mass is 365 g/mol. The fourth-order valence-corrected chi connectivity index (χ4v) is 4.28. The number of hydrogen-bond donors (Lipinski definition) is 3. The van der Waals surface area contributed by atoms with E-state index in [9.17, 15) is 9.59 Å². The van der Waals surface area contributed by atoms with Crippen molar-refractivity contribution in [3.8, 4) is 0 Å². The van der Waals surface area contributed by atoms with Crippen LogP contribution in [0, 0.1) is 24.7 Å². The molecule has 2 unspecified atom stereocenters. The highest BCUT2D eigenvalue weighted by Gasteiger charge is 2.40. The molecule has 0 aromatic heterocycles. The summed E-state index contributed by atoms with van der Waals surface area (Å²) >= 11 is 0. The Hall–Kier alpha value is -1.59. The molecule has 1 aromatic carbocycles. The number of rotatable bonds is 3. The van der Waals surface area contributed by atoms with Crippen LogP contribution in [0.25, 0.3) is 0 Å². The average molecular weight is 366 g/mol. The lowest BCUT2D eigenvalue weighted by atomic mass is 9.65. The number of nitrogens with one attached hydrogen (secondary N) is 2. The summed E-state index contributed by atoms with van der Waals surface area (Å²) in [4.78, 5) is 24.6. The molecule has 2 aliphatic carbocycles. The zero-order chi connectivity index (χ0) is 17.3. The second kappa shape index (κ2) is 8.19. The van der Waals surface area contributed by atoms with Gasteiger partial charge in [-0.3, -0.25) is 9.59 Å². The van der Waals surface area contributed by atoms with Gasteiger partial charge in [0.1, 0.15) is 0 Å². The van der Waals surface area contributed by atoms with Crippen molar-refractivity contribution in [3.63, 3.8) is 0 Å². The third-order valence-corrected chi connectivity index (χ3v) is 5.77. The van der Waals surface area contributed by atoms with Gasteiger partial charge in [0.05, 0.1) is 0 Å². The van der Waals surface area contributed by atoms with E-state index in [1.807, 2.05) is 13.0 Å². The van der Waals surface area contributed by atoms with Gasteiger partial charge in [-0.25, -0.2) is 0 Å². The van der Waals surface area contributed by atoms with E-state index < -0.39 is 0 Å². The highest BCUT2D eigenvalue weighted by atomic mass is 35.5. The van der Waals surface area contributed by atoms with E-state index in [4.69, 9.17) is 5.73 Å².